The highest BCUT2D eigenvalue weighted by molar-refractivity contribution is 6.11. The Bertz CT molecular complexity index is 887. The lowest BCUT2D eigenvalue weighted by Crippen LogP contribution is -2.13. The maximum absolute atomic E-state index is 12.7. The fraction of sp³-hybridized carbons (Fsp3) is 0.0667. The van der Waals surface area contributed by atoms with Crippen LogP contribution in [0.15, 0.2) is 46.9 Å². The molecule has 118 valence electrons. The molecular formula is C15H10F3N3O2. The zero-order valence-corrected chi connectivity index (χ0v) is 11.5. The average Bonchev–Trinajstić information content (AvgIpc) is 2.86. The molecule has 0 saturated carbocycles. The molecule has 0 spiro atoms. The van der Waals surface area contributed by atoms with Crippen LogP contribution < -0.4 is 11.1 Å². The summed E-state index contributed by atoms with van der Waals surface area (Å²) in [4.78, 5) is 16.2. The first kappa shape index (κ1) is 14.9. The van der Waals surface area contributed by atoms with Crippen molar-refractivity contribution in [2.24, 2.45) is 0 Å². The van der Waals surface area contributed by atoms with E-state index in [1.54, 1.807) is 12.1 Å². The van der Waals surface area contributed by atoms with Gasteiger partial charge in [0.25, 0.3) is 11.9 Å². The predicted octanol–water partition coefficient (Wildman–Crippen LogP) is 3.68. The second-order valence-corrected chi connectivity index (χ2v) is 4.74. The third kappa shape index (κ3) is 2.96. The van der Waals surface area contributed by atoms with Crippen molar-refractivity contribution in [3.8, 4) is 0 Å². The monoisotopic (exact) mass is 321 g/mol. The molecule has 3 rings (SSSR count). The van der Waals surface area contributed by atoms with Gasteiger partial charge in [-0.2, -0.15) is 18.2 Å². The number of nitrogens with two attached hydrogens (primary N) is 1. The average molecular weight is 321 g/mol. The van der Waals surface area contributed by atoms with Gasteiger partial charge >= 0.3 is 6.18 Å². The first-order valence-corrected chi connectivity index (χ1v) is 6.48. The number of halogens is 3. The van der Waals surface area contributed by atoms with Gasteiger partial charge in [0.15, 0.2) is 5.58 Å². The van der Waals surface area contributed by atoms with E-state index in [1.807, 2.05) is 0 Å². The lowest BCUT2D eigenvalue weighted by atomic mass is 10.1. The van der Waals surface area contributed by atoms with Crippen LogP contribution in [0, 0.1) is 0 Å². The van der Waals surface area contributed by atoms with Crippen molar-refractivity contribution in [1.29, 1.82) is 0 Å². The molecule has 8 heteroatoms. The first-order chi connectivity index (χ1) is 10.8. The third-order valence-electron chi connectivity index (χ3n) is 3.13. The summed E-state index contributed by atoms with van der Waals surface area (Å²) < 4.78 is 43.2. The van der Waals surface area contributed by atoms with Crippen LogP contribution >= 0.6 is 0 Å². The van der Waals surface area contributed by atoms with Crippen molar-refractivity contribution in [3.05, 3.63) is 53.6 Å². The van der Waals surface area contributed by atoms with E-state index in [0.717, 1.165) is 12.1 Å². The summed E-state index contributed by atoms with van der Waals surface area (Å²) in [5.41, 5.74) is 5.34. The highest BCUT2D eigenvalue weighted by atomic mass is 19.4. The molecule has 0 unspecified atom stereocenters. The van der Waals surface area contributed by atoms with Gasteiger partial charge in [-0.3, -0.25) is 4.79 Å². The van der Waals surface area contributed by atoms with Gasteiger partial charge in [0.1, 0.15) is 5.52 Å². The maximum atomic E-state index is 12.7. The minimum atomic E-state index is -4.48. The topological polar surface area (TPSA) is 81.1 Å². The molecule has 1 heterocycles. The number of nitrogen functional groups attached to an aromatic ring is 1. The lowest BCUT2D eigenvalue weighted by Gasteiger charge is -2.10. The molecule has 3 N–H and O–H groups in total. The van der Waals surface area contributed by atoms with E-state index in [9.17, 15) is 18.0 Å². The van der Waals surface area contributed by atoms with Gasteiger partial charge in [0.05, 0.1) is 11.1 Å². The van der Waals surface area contributed by atoms with Crippen molar-refractivity contribution < 1.29 is 22.4 Å². The van der Waals surface area contributed by atoms with Crippen LogP contribution in [0.1, 0.15) is 15.9 Å². The number of oxazole rings is 1. The smallest absolute Gasteiger partial charge is 0.416 e. The van der Waals surface area contributed by atoms with Gasteiger partial charge in [-0.1, -0.05) is 12.1 Å². The Hall–Kier alpha value is -3.03. The summed E-state index contributed by atoms with van der Waals surface area (Å²) in [5, 5.41) is 2.41. The number of benzene rings is 2. The van der Waals surface area contributed by atoms with E-state index in [-0.39, 0.29) is 22.8 Å². The molecule has 0 aliphatic heterocycles. The number of nitrogens with zero attached hydrogens (tertiary/aromatic N) is 1. The SMILES string of the molecule is Nc1nc2c(C(=O)Nc3cccc(C(F)(F)F)c3)cccc2o1. The Kier molecular flexibility index (Phi) is 3.44. The molecule has 23 heavy (non-hydrogen) atoms. The van der Waals surface area contributed by atoms with Gasteiger partial charge in [-0.05, 0) is 30.3 Å². The van der Waals surface area contributed by atoms with Crippen LogP contribution in [0.4, 0.5) is 24.9 Å². The molecule has 0 bridgehead atoms. The number of rotatable bonds is 2. The summed E-state index contributed by atoms with van der Waals surface area (Å²) in [6, 6.07) is 8.89. The molecule has 5 nitrogen and oxygen atoms in total. The fourth-order valence-electron chi connectivity index (χ4n) is 2.12. The molecular weight excluding hydrogens is 311 g/mol. The van der Waals surface area contributed by atoms with Crippen LogP contribution in [0.25, 0.3) is 11.1 Å². The van der Waals surface area contributed by atoms with Gasteiger partial charge in [0.2, 0.25) is 0 Å². The molecule has 3 aromatic rings. The van der Waals surface area contributed by atoms with Crippen molar-refractivity contribution in [3.63, 3.8) is 0 Å². The Morgan fingerprint density at radius 1 is 1.17 bits per heavy atom. The predicted molar refractivity (Wildman–Crippen MR) is 77.8 cm³/mol. The van der Waals surface area contributed by atoms with Gasteiger partial charge in [-0.25, -0.2) is 0 Å². The Labute approximate surface area is 127 Å². The number of para-hydroxylation sites is 1. The van der Waals surface area contributed by atoms with Crippen LogP contribution in [-0.4, -0.2) is 10.9 Å². The molecule has 0 aliphatic carbocycles. The van der Waals surface area contributed by atoms with Crippen molar-refractivity contribution >= 4 is 28.7 Å². The van der Waals surface area contributed by atoms with Crippen LogP contribution in [0.3, 0.4) is 0 Å². The Morgan fingerprint density at radius 2 is 1.91 bits per heavy atom. The molecule has 1 aromatic heterocycles. The summed E-state index contributed by atoms with van der Waals surface area (Å²) in [7, 11) is 0. The Balaban J connectivity index is 1.92. The number of nitrogens with one attached hydrogen (secondary N) is 1. The quantitative estimate of drug-likeness (QED) is 0.754. The van der Waals surface area contributed by atoms with Crippen molar-refractivity contribution in [1.82, 2.24) is 4.98 Å². The Morgan fingerprint density at radius 3 is 2.65 bits per heavy atom. The van der Waals surface area contributed by atoms with E-state index in [0.29, 0.717) is 5.58 Å². The molecule has 1 amide bonds. The molecule has 0 fully saturated rings. The van der Waals surface area contributed by atoms with Crippen molar-refractivity contribution in [2.45, 2.75) is 6.18 Å². The summed E-state index contributed by atoms with van der Waals surface area (Å²) in [6.45, 7) is 0. The standard InChI is InChI=1S/C15H10F3N3O2/c16-15(17,18)8-3-1-4-9(7-8)20-13(22)10-5-2-6-11-12(10)21-14(19)23-11/h1-7H,(H2,19,21)(H,20,22). The van der Waals surface area contributed by atoms with Crippen LogP contribution in [0.2, 0.25) is 0 Å². The zero-order chi connectivity index (χ0) is 16.6. The fourth-order valence-corrected chi connectivity index (χ4v) is 2.12. The minimum Gasteiger partial charge on any atom is -0.424 e. The number of carbonyl (C=O) groups is 1. The molecule has 0 saturated heterocycles. The normalized spacial score (nSPS) is 11.6. The van der Waals surface area contributed by atoms with Crippen molar-refractivity contribution in [2.75, 3.05) is 11.1 Å². The van der Waals surface area contributed by atoms with Gasteiger partial charge < -0.3 is 15.5 Å². The number of aromatic nitrogens is 1. The molecule has 0 radical (unpaired) electrons. The number of carbonyl (C=O) groups excluding carboxylic acids is 1. The third-order valence-corrected chi connectivity index (χ3v) is 3.13. The lowest BCUT2D eigenvalue weighted by molar-refractivity contribution is -0.137. The largest absolute Gasteiger partial charge is 0.424 e. The van der Waals surface area contributed by atoms with E-state index in [2.05, 4.69) is 10.3 Å². The number of amides is 1. The molecule has 2 aromatic carbocycles. The molecule has 0 atom stereocenters. The van der Waals surface area contributed by atoms with Crippen LogP contribution in [-0.2, 0) is 6.18 Å². The number of anilines is 2. The van der Waals surface area contributed by atoms with Gasteiger partial charge in [0, 0.05) is 5.69 Å². The number of fused-ring (bicyclic) bond motifs is 1. The maximum Gasteiger partial charge on any atom is 0.416 e. The van der Waals surface area contributed by atoms with E-state index in [4.69, 9.17) is 10.2 Å². The van der Waals surface area contributed by atoms with Gasteiger partial charge in [-0.15, -0.1) is 0 Å². The zero-order valence-electron chi connectivity index (χ0n) is 11.5. The highest BCUT2D eigenvalue weighted by Gasteiger charge is 2.30. The summed E-state index contributed by atoms with van der Waals surface area (Å²) in [5.74, 6) is -0.608. The second-order valence-electron chi connectivity index (χ2n) is 4.74. The molecule has 0 aliphatic rings. The summed E-state index contributed by atoms with van der Waals surface area (Å²) >= 11 is 0. The second kappa shape index (κ2) is 5.31. The van der Waals surface area contributed by atoms with E-state index in [1.165, 1.54) is 18.2 Å². The van der Waals surface area contributed by atoms with E-state index < -0.39 is 17.6 Å². The number of alkyl halides is 3. The number of hydrogen-bond donors (Lipinski definition) is 2. The summed E-state index contributed by atoms with van der Waals surface area (Å²) in [6.07, 6.45) is -4.48. The minimum absolute atomic E-state index is 0.0262. The van der Waals surface area contributed by atoms with Crippen LogP contribution in [0.5, 0.6) is 0 Å². The number of hydrogen-bond acceptors (Lipinski definition) is 4. The van der Waals surface area contributed by atoms with E-state index >= 15 is 0 Å². The first-order valence-electron chi connectivity index (χ1n) is 6.48. The highest BCUT2D eigenvalue weighted by Crippen LogP contribution is 2.31.